The first-order valence-corrected chi connectivity index (χ1v) is 6.17. The fourth-order valence-corrected chi connectivity index (χ4v) is 2.08. The van der Waals surface area contributed by atoms with Gasteiger partial charge in [0.15, 0.2) is 5.82 Å². The van der Waals surface area contributed by atoms with Gasteiger partial charge in [-0.1, -0.05) is 11.2 Å². The third-order valence-corrected chi connectivity index (χ3v) is 3.27. The van der Waals surface area contributed by atoms with Crippen molar-refractivity contribution in [3.63, 3.8) is 0 Å². The lowest BCUT2D eigenvalue weighted by atomic mass is 10.2. The Morgan fingerprint density at radius 1 is 1.53 bits per heavy atom. The van der Waals surface area contributed by atoms with E-state index in [0.29, 0.717) is 11.9 Å². The van der Waals surface area contributed by atoms with Gasteiger partial charge in [-0.3, -0.25) is 0 Å². The SMILES string of the molecule is CNC(C)Cc1noc(Cc2cccs2)n1.Cl. The molecule has 0 aliphatic heterocycles. The van der Waals surface area contributed by atoms with Crippen LogP contribution in [0, 0.1) is 0 Å². The number of nitrogens with zero attached hydrogens (tertiary/aromatic N) is 2. The monoisotopic (exact) mass is 273 g/mol. The van der Waals surface area contributed by atoms with Gasteiger partial charge in [-0.25, -0.2) is 0 Å². The molecule has 0 amide bonds. The maximum atomic E-state index is 5.20. The highest BCUT2D eigenvalue weighted by molar-refractivity contribution is 7.09. The van der Waals surface area contributed by atoms with Crippen molar-refractivity contribution in [1.82, 2.24) is 15.5 Å². The van der Waals surface area contributed by atoms with Crippen molar-refractivity contribution >= 4 is 23.7 Å². The molecule has 0 aliphatic carbocycles. The van der Waals surface area contributed by atoms with Gasteiger partial charge in [-0.05, 0) is 25.4 Å². The maximum Gasteiger partial charge on any atom is 0.231 e. The molecule has 4 nitrogen and oxygen atoms in total. The highest BCUT2D eigenvalue weighted by atomic mass is 35.5. The topological polar surface area (TPSA) is 51.0 Å². The standard InChI is InChI=1S/C11H15N3OS.ClH/c1-8(12-2)6-10-13-11(15-14-10)7-9-4-3-5-16-9;/h3-5,8,12H,6-7H2,1-2H3;1H. The molecule has 0 spiro atoms. The third kappa shape index (κ3) is 4.11. The van der Waals surface area contributed by atoms with Crippen molar-refractivity contribution in [1.29, 1.82) is 0 Å². The third-order valence-electron chi connectivity index (χ3n) is 2.40. The van der Waals surface area contributed by atoms with E-state index >= 15 is 0 Å². The van der Waals surface area contributed by atoms with Crippen molar-refractivity contribution in [2.24, 2.45) is 0 Å². The lowest BCUT2D eigenvalue weighted by Crippen LogP contribution is -2.24. The van der Waals surface area contributed by atoms with E-state index in [1.165, 1.54) is 4.88 Å². The van der Waals surface area contributed by atoms with E-state index in [0.717, 1.165) is 18.7 Å². The van der Waals surface area contributed by atoms with Crippen LogP contribution in [0.1, 0.15) is 23.5 Å². The summed E-state index contributed by atoms with van der Waals surface area (Å²) in [4.78, 5) is 5.61. The van der Waals surface area contributed by atoms with Crippen LogP contribution in [0.2, 0.25) is 0 Å². The van der Waals surface area contributed by atoms with Crippen LogP contribution in [0.5, 0.6) is 0 Å². The van der Waals surface area contributed by atoms with Gasteiger partial charge in [-0.2, -0.15) is 4.98 Å². The molecule has 1 unspecified atom stereocenters. The molecule has 0 bridgehead atoms. The molecule has 2 aromatic heterocycles. The highest BCUT2D eigenvalue weighted by Gasteiger charge is 2.10. The van der Waals surface area contributed by atoms with Crippen LogP contribution in [0.25, 0.3) is 0 Å². The van der Waals surface area contributed by atoms with Crippen molar-refractivity contribution in [2.45, 2.75) is 25.8 Å². The first-order valence-electron chi connectivity index (χ1n) is 5.29. The molecule has 17 heavy (non-hydrogen) atoms. The van der Waals surface area contributed by atoms with Gasteiger partial charge in [0.1, 0.15) is 0 Å². The van der Waals surface area contributed by atoms with E-state index in [-0.39, 0.29) is 12.4 Å². The molecule has 2 rings (SSSR count). The van der Waals surface area contributed by atoms with Gasteiger partial charge < -0.3 is 9.84 Å². The summed E-state index contributed by atoms with van der Waals surface area (Å²) in [5, 5.41) is 9.16. The van der Waals surface area contributed by atoms with Gasteiger partial charge in [0.05, 0.1) is 6.42 Å². The largest absolute Gasteiger partial charge is 0.339 e. The molecule has 2 aromatic rings. The molecule has 0 aromatic carbocycles. The van der Waals surface area contributed by atoms with E-state index in [2.05, 4.69) is 33.8 Å². The van der Waals surface area contributed by atoms with Crippen LogP contribution in [0.15, 0.2) is 22.0 Å². The summed E-state index contributed by atoms with van der Waals surface area (Å²) in [6.07, 6.45) is 1.53. The number of nitrogens with one attached hydrogen (secondary N) is 1. The van der Waals surface area contributed by atoms with E-state index < -0.39 is 0 Å². The average Bonchev–Trinajstić information content (AvgIpc) is 2.91. The predicted molar refractivity (Wildman–Crippen MR) is 70.9 cm³/mol. The lowest BCUT2D eigenvalue weighted by molar-refractivity contribution is 0.377. The Hall–Kier alpha value is -0.910. The van der Waals surface area contributed by atoms with Crippen LogP contribution in [-0.2, 0) is 12.8 Å². The summed E-state index contributed by atoms with van der Waals surface area (Å²) in [7, 11) is 1.93. The lowest BCUT2D eigenvalue weighted by Gasteiger charge is -2.04. The Morgan fingerprint density at radius 3 is 3.00 bits per heavy atom. The van der Waals surface area contributed by atoms with Gasteiger partial charge in [-0.15, -0.1) is 23.7 Å². The Bertz CT molecular complexity index is 430. The zero-order chi connectivity index (χ0) is 11.4. The zero-order valence-corrected chi connectivity index (χ0v) is 11.5. The molecule has 1 N–H and O–H groups in total. The summed E-state index contributed by atoms with van der Waals surface area (Å²) in [6.45, 7) is 2.09. The van der Waals surface area contributed by atoms with Gasteiger partial charge in [0.2, 0.25) is 5.89 Å². The van der Waals surface area contributed by atoms with Gasteiger partial charge in [0.25, 0.3) is 0 Å². The quantitative estimate of drug-likeness (QED) is 0.908. The molecule has 2 heterocycles. The molecule has 0 saturated heterocycles. The fraction of sp³-hybridized carbons (Fsp3) is 0.455. The molecule has 1 atom stereocenters. The normalized spacial score (nSPS) is 12.1. The number of aromatic nitrogens is 2. The molecule has 0 radical (unpaired) electrons. The Balaban J connectivity index is 0.00000144. The first-order chi connectivity index (χ1) is 7.78. The molecule has 94 valence electrons. The van der Waals surface area contributed by atoms with Crippen LogP contribution in [-0.4, -0.2) is 23.2 Å². The second kappa shape index (κ2) is 6.74. The molecule has 0 fully saturated rings. The molecule has 6 heteroatoms. The minimum Gasteiger partial charge on any atom is -0.339 e. The smallest absolute Gasteiger partial charge is 0.231 e. The number of thiophene rings is 1. The Kier molecular flexibility index (Phi) is 5.61. The molecular weight excluding hydrogens is 258 g/mol. The van der Waals surface area contributed by atoms with Crippen LogP contribution < -0.4 is 5.32 Å². The van der Waals surface area contributed by atoms with Crippen LogP contribution in [0.4, 0.5) is 0 Å². The molecule has 0 saturated carbocycles. The highest BCUT2D eigenvalue weighted by Crippen LogP contribution is 2.13. The van der Waals surface area contributed by atoms with E-state index in [4.69, 9.17) is 4.52 Å². The second-order valence-corrected chi connectivity index (χ2v) is 4.79. The van der Waals surface area contributed by atoms with Crippen molar-refractivity contribution in [3.8, 4) is 0 Å². The predicted octanol–water partition coefficient (Wildman–Crippen LogP) is 2.29. The molecule has 0 aliphatic rings. The zero-order valence-electron chi connectivity index (χ0n) is 9.84. The fourth-order valence-electron chi connectivity index (χ4n) is 1.38. The maximum absolute atomic E-state index is 5.20. The van der Waals surface area contributed by atoms with E-state index in [1.807, 2.05) is 13.1 Å². The number of likely N-dealkylation sites (N-methyl/N-ethyl adjacent to an activating group) is 1. The summed E-state index contributed by atoms with van der Waals surface area (Å²) in [5.41, 5.74) is 0. The van der Waals surface area contributed by atoms with Crippen molar-refractivity contribution in [2.75, 3.05) is 7.05 Å². The summed E-state index contributed by atoms with van der Waals surface area (Å²) < 4.78 is 5.20. The van der Waals surface area contributed by atoms with Gasteiger partial charge >= 0.3 is 0 Å². The number of hydrogen-bond acceptors (Lipinski definition) is 5. The van der Waals surface area contributed by atoms with Gasteiger partial charge in [0, 0.05) is 17.3 Å². The summed E-state index contributed by atoms with van der Waals surface area (Å²) in [5.74, 6) is 1.47. The van der Waals surface area contributed by atoms with Crippen LogP contribution >= 0.6 is 23.7 Å². The summed E-state index contributed by atoms with van der Waals surface area (Å²) >= 11 is 1.71. The second-order valence-electron chi connectivity index (χ2n) is 3.75. The minimum atomic E-state index is 0. The average molecular weight is 274 g/mol. The number of rotatable bonds is 5. The first kappa shape index (κ1) is 14.2. The number of hydrogen-bond donors (Lipinski definition) is 1. The minimum absolute atomic E-state index is 0. The molecular formula is C11H16ClN3OS. The van der Waals surface area contributed by atoms with E-state index in [9.17, 15) is 0 Å². The van der Waals surface area contributed by atoms with E-state index in [1.54, 1.807) is 11.3 Å². The van der Waals surface area contributed by atoms with Crippen molar-refractivity contribution in [3.05, 3.63) is 34.1 Å². The Morgan fingerprint density at radius 2 is 2.35 bits per heavy atom. The summed E-state index contributed by atoms with van der Waals surface area (Å²) in [6, 6.07) is 4.47. The van der Waals surface area contributed by atoms with Crippen molar-refractivity contribution < 1.29 is 4.52 Å². The number of halogens is 1. The Labute approximate surface area is 111 Å². The van der Waals surface area contributed by atoms with Crippen LogP contribution in [0.3, 0.4) is 0 Å².